The zero-order valence-electron chi connectivity index (χ0n) is 16.1. The number of fused-ring (bicyclic) bond motifs is 1. The molecular formula is C21H22N2O4S2. The number of aromatic nitrogens is 1. The third-order valence-electron chi connectivity index (χ3n) is 5.13. The zero-order valence-corrected chi connectivity index (χ0v) is 17.7. The lowest BCUT2D eigenvalue weighted by Gasteiger charge is -2.23. The number of amides is 1. The van der Waals surface area contributed by atoms with Crippen molar-refractivity contribution in [1.82, 2.24) is 9.88 Å². The molecule has 6 nitrogen and oxygen atoms in total. The molecule has 1 aliphatic rings. The number of ether oxygens (including phenoxy) is 1. The van der Waals surface area contributed by atoms with Gasteiger partial charge in [-0.3, -0.25) is 4.79 Å². The molecule has 29 heavy (non-hydrogen) atoms. The van der Waals surface area contributed by atoms with E-state index in [1.54, 1.807) is 23.5 Å². The predicted molar refractivity (Wildman–Crippen MR) is 113 cm³/mol. The molecule has 0 bridgehead atoms. The van der Waals surface area contributed by atoms with E-state index in [4.69, 9.17) is 9.72 Å². The van der Waals surface area contributed by atoms with Crippen LogP contribution in [0.4, 0.5) is 0 Å². The Kier molecular flexibility index (Phi) is 5.67. The van der Waals surface area contributed by atoms with Gasteiger partial charge in [-0.2, -0.15) is 0 Å². The summed E-state index contributed by atoms with van der Waals surface area (Å²) in [5.74, 6) is -0.171. The SMILES string of the molecule is COCCS(=O)(=O)c1ccc(C(=O)N2CCCC2c2nc3ccccc3s2)cc1. The molecule has 4 rings (SSSR count). The number of carbonyl (C=O) groups excluding carboxylic acids is 1. The van der Waals surface area contributed by atoms with Crippen molar-refractivity contribution in [2.75, 3.05) is 26.0 Å². The first-order valence-corrected chi connectivity index (χ1v) is 11.9. The van der Waals surface area contributed by atoms with Crippen LogP contribution in [0.15, 0.2) is 53.4 Å². The molecule has 1 amide bonds. The van der Waals surface area contributed by atoms with Gasteiger partial charge in [-0.1, -0.05) is 12.1 Å². The molecule has 0 radical (unpaired) electrons. The fourth-order valence-electron chi connectivity index (χ4n) is 3.58. The number of methoxy groups -OCH3 is 1. The fraction of sp³-hybridized carbons (Fsp3) is 0.333. The molecule has 0 aliphatic carbocycles. The summed E-state index contributed by atoms with van der Waals surface area (Å²) in [5.41, 5.74) is 1.45. The Morgan fingerprint density at radius 1 is 1.21 bits per heavy atom. The minimum atomic E-state index is -3.41. The number of sulfone groups is 1. The number of nitrogens with zero attached hydrogens (tertiary/aromatic N) is 2. The molecule has 8 heteroatoms. The third kappa shape index (κ3) is 4.05. The lowest BCUT2D eigenvalue weighted by atomic mass is 10.1. The molecule has 1 saturated heterocycles. The number of para-hydroxylation sites is 1. The Hall–Kier alpha value is -2.29. The molecule has 2 aromatic carbocycles. The average molecular weight is 431 g/mol. The van der Waals surface area contributed by atoms with Crippen LogP contribution in [0.1, 0.15) is 34.2 Å². The summed E-state index contributed by atoms with van der Waals surface area (Å²) in [6.07, 6.45) is 1.81. The Bertz CT molecular complexity index is 1090. The van der Waals surface area contributed by atoms with Crippen molar-refractivity contribution in [3.63, 3.8) is 0 Å². The monoisotopic (exact) mass is 430 g/mol. The van der Waals surface area contributed by atoms with Crippen molar-refractivity contribution in [3.8, 4) is 0 Å². The van der Waals surface area contributed by atoms with Crippen LogP contribution in [0.2, 0.25) is 0 Å². The molecule has 1 aliphatic heterocycles. The molecule has 1 atom stereocenters. The van der Waals surface area contributed by atoms with E-state index in [2.05, 4.69) is 0 Å². The summed E-state index contributed by atoms with van der Waals surface area (Å²) in [4.78, 5) is 19.9. The Morgan fingerprint density at radius 2 is 1.97 bits per heavy atom. The second-order valence-corrected chi connectivity index (χ2v) is 10.2. The van der Waals surface area contributed by atoms with Gasteiger partial charge in [-0.25, -0.2) is 13.4 Å². The second kappa shape index (κ2) is 8.22. The van der Waals surface area contributed by atoms with Crippen molar-refractivity contribution in [1.29, 1.82) is 0 Å². The second-order valence-electron chi connectivity index (χ2n) is 7.01. The largest absolute Gasteiger partial charge is 0.384 e. The van der Waals surface area contributed by atoms with Crippen LogP contribution in [0.3, 0.4) is 0 Å². The van der Waals surface area contributed by atoms with Gasteiger partial charge in [0.1, 0.15) is 5.01 Å². The van der Waals surface area contributed by atoms with Gasteiger partial charge in [0.25, 0.3) is 5.91 Å². The Labute approximate surface area is 174 Å². The highest BCUT2D eigenvalue weighted by Gasteiger charge is 2.33. The van der Waals surface area contributed by atoms with E-state index in [-0.39, 0.29) is 29.2 Å². The van der Waals surface area contributed by atoms with Crippen LogP contribution < -0.4 is 0 Å². The van der Waals surface area contributed by atoms with Gasteiger partial charge < -0.3 is 9.64 Å². The molecule has 3 aromatic rings. The molecule has 0 N–H and O–H groups in total. The van der Waals surface area contributed by atoms with E-state index in [9.17, 15) is 13.2 Å². The highest BCUT2D eigenvalue weighted by atomic mass is 32.2. The van der Waals surface area contributed by atoms with Gasteiger partial charge in [0.2, 0.25) is 0 Å². The van der Waals surface area contributed by atoms with Crippen LogP contribution in [-0.4, -0.2) is 50.2 Å². The summed E-state index contributed by atoms with van der Waals surface area (Å²) < 4.78 is 30.5. The lowest BCUT2D eigenvalue weighted by Crippen LogP contribution is -2.30. The highest BCUT2D eigenvalue weighted by molar-refractivity contribution is 7.91. The van der Waals surface area contributed by atoms with E-state index in [1.807, 2.05) is 29.2 Å². The number of rotatable bonds is 6. The number of hydrogen-bond acceptors (Lipinski definition) is 6. The van der Waals surface area contributed by atoms with E-state index in [0.717, 1.165) is 28.1 Å². The maximum atomic E-state index is 13.1. The van der Waals surface area contributed by atoms with E-state index >= 15 is 0 Å². The Balaban J connectivity index is 1.55. The molecular weight excluding hydrogens is 408 g/mol. The van der Waals surface area contributed by atoms with Gasteiger partial charge in [0, 0.05) is 19.2 Å². The summed E-state index contributed by atoms with van der Waals surface area (Å²) in [5, 5.41) is 0.954. The van der Waals surface area contributed by atoms with Crippen LogP contribution >= 0.6 is 11.3 Å². The Morgan fingerprint density at radius 3 is 2.69 bits per heavy atom. The van der Waals surface area contributed by atoms with Crippen LogP contribution in [-0.2, 0) is 14.6 Å². The summed E-state index contributed by atoms with van der Waals surface area (Å²) >= 11 is 1.63. The highest BCUT2D eigenvalue weighted by Crippen LogP contribution is 2.37. The maximum Gasteiger partial charge on any atom is 0.254 e. The fourth-order valence-corrected chi connectivity index (χ4v) is 5.87. The third-order valence-corrected chi connectivity index (χ3v) is 7.96. The van der Waals surface area contributed by atoms with Gasteiger partial charge in [0.05, 0.1) is 33.5 Å². The van der Waals surface area contributed by atoms with Gasteiger partial charge in [-0.05, 0) is 49.2 Å². The van der Waals surface area contributed by atoms with E-state index in [0.29, 0.717) is 12.1 Å². The summed E-state index contributed by atoms with van der Waals surface area (Å²) in [6, 6.07) is 14.1. The minimum Gasteiger partial charge on any atom is -0.384 e. The first-order chi connectivity index (χ1) is 14.0. The quantitative estimate of drug-likeness (QED) is 0.596. The molecule has 2 heterocycles. The van der Waals surface area contributed by atoms with E-state index < -0.39 is 9.84 Å². The van der Waals surface area contributed by atoms with Crippen molar-refractivity contribution >= 4 is 37.3 Å². The number of likely N-dealkylation sites (tertiary alicyclic amines) is 1. The van der Waals surface area contributed by atoms with Crippen LogP contribution in [0.25, 0.3) is 10.2 Å². The first kappa shape index (κ1) is 20.0. The van der Waals surface area contributed by atoms with E-state index in [1.165, 1.54) is 19.2 Å². The number of benzene rings is 2. The topological polar surface area (TPSA) is 76.6 Å². The van der Waals surface area contributed by atoms with Gasteiger partial charge in [0.15, 0.2) is 9.84 Å². The average Bonchev–Trinajstić information content (AvgIpc) is 3.38. The van der Waals surface area contributed by atoms with Gasteiger partial charge in [-0.15, -0.1) is 11.3 Å². The van der Waals surface area contributed by atoms with Gasteiger partial charge >= 0.3 is 0 Å². The minimum absolute atomic E-state index is 0.0370. The molecule has 0 saturated carbocycles. The van der Waals surface area contributed by atoms with Crippen molar-refractivity contribution < 1.29 is 17.9 Å². The molecule has 152 valence electrons. The lowest BCUT2D eigenvalue weighted by molar-refractivity contribution is 0.0735. The zero-order chi connectivity index (χ0) is 20.4. The van der Waals surface area contributed by atoms with Crippen LogP contribution in [0.5, 0.6) is 0 Å². The van der Waals surface area contributed by atoms with Crippen molar-refractivity contribution in [2.45, 2.75) is 23.8 Å². The smallest absolute Gasteiger partial charge is 0.254 e. The molecule has 0 spiro atoms. The normalized spacial score (nSPS) is 17.1. The number of thiazole rings is 1. The molecule has 1 unspecified atom stereocenters. The molecule has 1 aromatic heterocycles. The maximum absolute atomic E-state index is 13.1. The predicted octanol–water partition coefficient (Wildman–Crippen LogP) is 3.69. The number of hydrogen-bond donors (Lipinski definition) is 0. The first-order valence-electron chi connectivity index (χ1n) is 9.48. The van der Waals surface area contributed by atoms with Crippen molar-refractivity contribution in [2.24, 2.45) is 0 Å². The summed E-state index contributed by atoms with van der Waals surface area (Å²) in [7, 11) is -1.94. The summed E-state index contributed by atoms with van der Waals surface area (Å²) in [6.45, 7) is 0.813. The molecule has 1 fully saturated rings. The standard InChI is InChI=1S/C21H22N2O4S2/c1-27-13-14-29(25,26)16-10-8-15(9-11-16)21(24)23-12-4-6-18(23)20-22-17-5-2-3-7-19(17)28-20/h2-3,5,7-11,18H,4,6,12-14H2,1H3. The van der Waals surface area contributed by atoms with Crippen LogP contribution in [0, 0.1) is 0 Å². The van der Waals surface area contributed by atoms with Crippen molar-refractivity contribution in [3.05, 3.63) is 59.1 Å². The number of carbonyl (C=O) groups is 1.